The van der Waals surface area contributed by atoms with Crippen molar-refractivity contribution < 1.29 is 28.4 Å². The number of carboxylic acids is 1. The number of aliphatic carboxylic acids is 1. The molecule has 178 valence electrons. The van der Waals surface area contributed by atoms with Crippen LogP contribution in [0.1, 0.15) is 10.6 Å². The predicted molar refractivity (Wildman–Crippen MR) is 130 cm³/mol. The Bertz CT molecular complexity index is 1240. The molecule has 0 saturated carbocycles. The van der Waals surface area contributed by atoms with Gasteiger partial charge in [0, 0.05) is 24.2 Å². The highest BCUT2D eigenvalue weighted by Crippen LogP contribution is 2.47. The number of ether oxygens (including phenoxy) is 1. The van der Waals surface area contributed by atoms with Gasteiger partial charge in [0.25, 0.3) is 17.5 Å². The maximum atomic E-state index is 13.2. The van der Waals surface area contributed by atoms with Crippen LogP contribution in [0.25, 0.3) is 0 Å². The number of hydrogen-bond acceptors (Lipinski definition) is 10. The number of nitrogens with zero attached hydrogens (tertiary/aromatic N) is 3. The molecule has 34 heavy (non-hydrogen) atoms. The van der Waals surface area contributed by atoms with E-state index in [4.69, 9.17) is 4.74 Å². The number of carbonyl (C=O) groups excluding carboxylic acids is 2. The van der Waals surface area contributed by atoms with E-state index in [2.05, 4.69) is 15.5 Å². The van der Waals surface area contributed by atoms with Gasteiger partial charge in [0.1, 0.15) is 32.2 Å². The molecule has 1 saturated heterocycles. The lowest BCUT2D eigenvalue weighted by molar-refractivity contribution is -0.191. The smallest absolute Gasteiger partial charge is 0.352 e. The number of carboxylic acid groups (broad SMARTS) is 1. The summed E-state index contributed by atoms with van der Waals surface area (Å²) >= 11 is 4.04. The van der Waals surface area contributed by atoms with Crippen molar-refractivity contribution in [3.63, 3.8) is 0 Å². The molecule has 10 nitrogen and oxygen atoms in total. The molecule has 1 aromatic carbocycles. The molecule has 14 heteroatoms. The van der Waals surface area contributed by atoms with Crippen LogP contribution in [-0.2, 0) is 30.4 Å². The first-order valence-corrected chi connectivity index (χ1v) is 13.3. The molecule has 2 atom stereocenters. The lowest BCUT2D eigenvalue weighted by Gasteiger charge is -2.55. The van der Waals surface area contributed by atoms with Gasteiger partial charge in [-0.1, -0.05) is 53.4 Å². The second kappa shape index (κ2) is 10.00. The molecule has 0 bridgehead atoms. The van der Waals surface area contributed by atoms with Crippen LogP contribution in [0.15, 0.2) is 45.9 Å². The molecular formula is C20H18N4O6S4. The van der Waals surface area contributed by atoms with Crippen molar-refractivity contribution in [2.75, 3.05) is 18.6 Å². The number of benzene rings is 1. The molecule has 0 unspecified atom stereocenters. The minimum absolute atomic E-state index is 0.0106. The van der Waals surface area contributed by atoms with Crippen LogP contribution in [0, 0.1) is 6.92 Å². The van der Waals surface area contributed by atoms with Crippen molar-refractivity contribution in [3.8, 4) is 0 Å². The number of aromatic nitrogens is 2. The Morgan fingerprint density at radius 2 is 2.06 bits per heavy atom. The zero-order chi connectivity index (χ0) is 24.5. The van der Waals surface area contributed by atoms with Gasteiger partial charge in [-0.05, 0) is 12.5 Å². The Labute approximate surface area is 210 Å². The number of amides is 2. The summed E-state index contributed by atoms with van der Waals surface area (Å²) in [5, 5.41) is 20.4. The molecule has 0 aliphatic carbocycles. The summed E-state index contributed by atoms with van der Waals surface area (Å²) in [6.45, 7) is 1.83. The van der Waals surface area contributed by atoms with Crippen LogP contribution in [0.3, 0.4) is 0 Å². The molecule has 2 amide bonds. The van der Waals surface area contributed by atoms with Crippen LogP contribution in [0.5, 0.6) is 0 Å². The van der Waals surface area contributed by atoms with Gasteiger partial charge < -0.3 is 15.2 Å². The van der Waals surface area contributed by atoms with Gasteiger partial charge in [0.2, 0.25) is 0 Å². The molecule has 3 heterocycles. The van der Waals surface area contributed by atoms with Crippen LogP contribution < -0.4 is 5.32 Å². The zero-order valence-corrected chi connectivity index (χ0v) is 21.1. The predicted octanol–water partition coefficient (Wildman–Crippen LogP) is 1.09. The maximum Gasteiger partial charge on any atom is 0.352 e. The van der Waals surface area contributed by atoms with E-state index in [-0.39, 0.29) is 21.8 Å². The quantitative estimate of drug-likeness (QED) is 0.165. The van der Waals surface area contributed by atoms with E-state index in [1.807, 2.05) is 6.92 Å². The Hall–Kier alpha value is -2.52. The second-order valence-electron chi connectivity index (χ2n) is 7.14. The van der Waals surface area contributed by atoms with Gasteiger partial charge in [0.15, 0.2) is 4.34 Å². The van der Waals surface area contributed by atoms with E-state index < -0.39 is 28.9 Å². The number of thioether (sulfide) groups is 2. The van der Waals surface area contributed by atoms with E-state index in [9.17, 15) is 23.7 Å². The standard InChI is InChI=1S/C20H18N4O6S4/c1-10-22-23-19(33-10)32-9-12-8-31-18-20(30-2,17(28)24(18)13(12)16(26)27)21-15(25)14(34-29)11-6-4-3-5-7-11/h3-7,18H,8-9H2,1-2H3,(H,21,25)(H,26,27)/t18-,20+/m1/s1. The largest absolute Gasteiger partial charge is 0.477 e. The fourth-order valence-electron chi connectivity index (χ4n) is 3.57. The van der Waals surface area contributed by atoms with Gasteiger partial charge >= 0.3 is 5.97 Å². The molecular weight excluding hydrogens is 521 g/mol. The lowest BCUT2D eigenvalue weighted by Crippen LogP contribution is -2.81. The molecule has 2 N–H and O–H groups in total. The van der Waals surface area contributed by atoms with Crippen molar-refractivity contribution >= 4 is 68.8 Å². The number of β-lactam (4-membered cyclic amide) rings is 1. The highest BCUT2D eigenvalue weighted by molar-refractivity contribution is 8.01. The number of aryl methyl sites for hydroxylation is 1. The summed E-state index contributed by atoms with van der Waals surface area (Å²) in [7, 11) is 1.26. The van der Waals surface area contributed by atoms with Crippen molar-refractivity contribution in [2.45, 2.75) is 22.4 Å². The van der Waals surface area contributed by atoms with Crippen molar-refractivity contribution in [1.29, 1.82) is 0 Å². The fourth-order valence-corrected chi connectivity index (χ4v) is 7.32. The first-order chi connectivity index (χ1) is 16.3. The SMILES string of the molecule is CO[C@@]1(NC(=O)C(=S=O)c2ccccc2)C(=O)N2C(C(=O)O)=C(CSc3nnc(C)s3)CS[C@@H]21. The second-order valence-corrected chi connectivity index (χ2v) is 11.2. The molecule has 2 aliphatic heterocycles. The summed E-state index contributed by atoms with van der Waals surface area (Å²) in [5.74, 6) is -2.09. The van der Waals surface area contributed by atoms with Crippen LogP contribution >= 0.6 is 34.9 Å². The highest BCUT2D eigenvalue weighted by Gasteiger charge is 2.66. The minimum Gasteiger partial charge on any atom is -0.477 e. The summed E-state index contributed by atoms with van der Waals surface area (Å²) in [6.07, 6.45) is 0. The first-order valence-electron chi connectivity index (χ1n) is 9.75. The van der Waals surface area contributed by atoms with Gasteiger partial charge in [-0.25, -0.2) is 9.00 Å². The fraction of sp³-hybridized carbons (Fsp3) is 0.300. The van der Waals surface area contributed by atoms with E-state index in [1.54, 1.807) is 30.3 Å². The average molecular weight is 539 g/mol. The lowest BCUT2D eigenvalue weighted by atomic mass is 9.97. The van der Waals surface area contributed by atoms with Crippen molar-refractivity contribution in [3.05, 3.63) is 52.2 Å². The van der Waals surface area contributed by atoms with Gasteiger partial charge in [0.05, 0.1) is 0 Å². The van der Waals surface area contributed by atoms with Gasteiger partial charge in [-0.15, -0.1) is 22.0 Å². The summed E-state index contributed by atoms with van der Waals surface area (Å²) in [5.41, 5.74) is -0.950. The number of rotatable bonds is 8. The Morgan fingerprint density at radius 1 is 1.32 bits per heavy atom. The van der Waals surface area contributed by atoms with Crippen molar-refractivity contribution in [1.82, 2.24) is 20.4 Å². The Kier molecular flexibility index (Phi) is 7.23. The van der Waals surface area contributed by atoms with Crippen LogP contribution in [-0.4, -0.2) is 76.8 Å². The summed E-state index contributed by atoms with van der Waals surface area (Å²) < 4.78 is 17.8. The maximum absolute atomic E-state index is 13.2. The molecule has 0 spiro atoms. The van der Waals surface area contributed by atoms with E-state index in [0.717, 1.165) is 9.91 Å². The number of methoxy groups -OCH3 is 1. The average Bonchev–Trinajstić information content (AvgIpc) is 3.26. The van der Waals surface area contributed by atoms with Gasteiger partial charge in [-0.3, -0.25) is 14.5 Å². The molecule has 4 rings (SSSR count). The number of fused-ring (bicyclic) bond motifs is 1. The Morgan fingerprint density at radius 3 is 2.65 bits per heavy atom. The molecule has 1 fully saturated rings. The Balaban J connectivity index is 1.57. The topological polar surface area (TPSA) is 139 Å². The van der Waals surface area contributed by atoms with E-state index in [0.29, 0.717) is 27.0 Å². The van der Waals surface area contributed by atoms with Gasteiger partial charge in [-0.2, -0.15) is 0 Å². The number of hydrogen-bond donors (Lipinski definition) is 2. The van der Waals surface area contributed by atoms with E-state index >= 15 is 0 Å². The number of nitrogens with one attached hydrogen (secondary N) is 1. The minimum atomic E-state index is -1.78. The highest BCUT2D eigenvalue weighted by atomic mass is 32.2. The molecule has 2 aliphatic rings. The van der Waals surface area contributed by atoms with Crippen molar-refractivity contribution in [2.24, 2.45) is 0 Å². The van der Waals surface area contributed by atoms with Crippen LogP contribution in [0.4, 0.5) is 0 Å². The summed E-state index contributed by atoms with van der Waals surface area (Å²) in [6, 6.07) is 8.34. The third kappa shape index (κ3) is 4.31. The third-order valence-corrected chi connectivity index (χ3v) is 9.16. The number of carbonyl (C=O) groups is 3. The van der Waals surface area contributed by atoms with Crippen LogP contribution in [0.2, 0.25) is 0 Å². The molecule has 0 radical (unpaired) electrons. The summed E-state index contributed by atoms with van der Waals surface area (Å²) in [4.78, 5) is 39.3. The third-order valence-electron chi connectivity index (χ3n) is 5.14. The molecule has 1 aromatic heterocycles. The normalized spacial score (nSPS) is 21.5. The first kappa shape index (κ1) is 24.6. The molecule has 2 aromatic rings. The zero-order valence-electron chi connectivity index (χ0n) is 17.8. The van der Waals surface area contributed by atoms with E-state index in [1.165, 1.54) is 42.0 Å². The monoisotopic (exact) mass is 538 g/mol.